The number of nitrogens with zero attached hydrogens (tertiary/aromatic N) is 1. The van der Waals surface area contributed by atoms with E-state index in [4.69, 9.17) is 5.73 Å². The minimum atomic E-state index is -0.218. The van der Waals surface area contributed by atoms with Crippen molar-refractivity contribution in [3.63, 3.8) is 0 Å². The largest absolute Gasteiger partial charge is 0.397 e. The monoisotopic (exact) mass is 267 g/mol. The molecular formula is C16H17N3O. The fraction of sp³-hybridized carbons (Fsp3) is 0.125. The number of nitrogens with one attached hydrogen (secondary N) is 1. The molecule has 0 aliphatic carbocycles. The molecule has 0 saturated carbocycles. The molecule has 0 aliphatic rings. The lowest BCUT2D eigenvalue weighted by Crippen LogP contribution is -2.09. The van der Waals surface area contributed by atoms with Crippen LogP contribution in [0.4, 0.5) is 11.4 Å². The zero-order valence-corrected chi connectivity index (χ0v) is 11.3. The van der Waals surface area contributed by atoms with Gasteiger partial charge in [-0.15, -0.1) is 0 Å². The van der Waals surface area contributed by atoms with Crippen LogP contribution in [0.5, 0.6) is 0 Å². The van der Waals surface area contributed by atoms with Crippen LogP contribution in [-0.4, -0.2) is 10.9 Å². The fourth-order valence-electron chi connectivity index (χ4n) is 1.77. The molecule has 1 aromatic heterocycles. The van der Waals surface area contributed by atoms with Crippen molar-refractivity contribution >= 4 is 23.4 Å². The highest BCUT2D eigenvalue weighted by Crippen LogP contribution is 2.20. The molecule has 3 N–H and O–H groups in total. The summed E-state index contributed by atoms with van der Waals surface area (Å²) in [7, 11) is 0. The van der Waals surface area contributed by atoms with Crippen molar-refractivity contribution in [1.29, 1.82) is 0 Å². The molecule has 4 heteroatoms. The molecule has 102 valence electrons. The average Bonchev–Trinajstić information content (AvgIpc) is 2.48. The van der Waals surface area contributed by atoms with E-state index in [0.717, 1.165) is 17.5 Å². The van der Waals surface area contributed by atoms with Gasteiger partial charge in [-0.3, -0.25) is 9.78 Å². The third-order valence-corrected chi connectivity index (χ3v) is 2.89. The van der Waals surface area contributed by atoms with Crippen molar-refractivity contribution in [3.8, 4) is 0 Å². The number of pyridine rings is 1. The first-order valence-corrected chi connectivity index (χ1v) is 6.46. The van der Waals surface area contributed by atoms with Crippen molar-refractivity contribution in [3.05, 3.63) is 59.9 Å². The summed E-state index contributed by atoms with van der Waals surface area (Å²) in [6.45, 7) is 2.06. The number of rotatable bonds is 4. The second-order valence-electron chi connectivity index (χ2n) is 4.38. The molecule has 0 atom stereocenters. The highest BCUT2D eigenvalue weighted by atomic mass is 16.1. The summed E-state index contributed by atoms with van der Waals surface area (Å²) >= 11 is 0. The van der Waals surface area contributed by atoms with Crippen LogP contribution in [0.25, 0.3) is 6.08 Å². The second-order valence-corrected chi connectivity index (χ2v) is 4.38. The quantitative estimate of drug-likeness (QED) is 0.661. The summed E-state index contributed by atoms with van der Waals surface area (Å²) in [5, 5.41) is 2.76. The number of aryl methyl sites for hydroxylation is 1. The summed E-state index contributed by atoms with van der Waals surface area (Å²) < 4.78 is 0. The first kappa shape index (κ1) is 13.8. The zero-order valence-electron chi connectivity index (χ0n) is 11.3. The Kier molecular flexibility index (Phi) is 4.50. The Balaban J connectivity index is 2.03. The van der Waals surface area contributed by atoms with Gasteiger partial charge in [0.05, 0.1) is 11.4 Å². The van der Waals surface area contributed by atoms with Crippen molar-refractivity contribution in [2.24, 2.45) is 0 Å². The Morgan fingerprint density at radius 2 is 2.25 bits per heavy atom. The van der Waals surface area contributed by atoms with Crippen molar-refractivity contribution < 1.29 is 4.79 Å². The Hall–Kier alpha value is -2.62. The number of amides is 1. The van der Waals surface area contributed by atoms with Crippen molar-refractivity contribution in [2.45, 2.75) is 13.3 Å². The van der Waals surface area contributed by atoms with E-state index in [9.17, 15) is 4.79 Å². The molecule has 2 rings (SSSR count). The number of hydrogen-bond donors (Lipinski definition) is 2. The molecule has 0 unspecified atom stereocenters. The fourth-order valence-corrected chi connectivity index (χ4v) is 1.77. The molecule has 0 radical (unpaired) electrons. The summed E-state index contributed by atoms with van der Waals surface area (Å²) in [6.07, 6.45) is 7.46. The molecule has 2 aromatic rings. The molecule has 1 heterocycles. The SMILES string of the molecule is CCc1ccc(NC(=O)/C=C/c2cccnc2)c(N)c1. The first-order valence-electron chi connectivity index (χ1n) is 6.46. The van der Waals surface area contributed by atoms with Gasteiger partial charge < -0.3 is 11.1 Å². The zero-order chi connectivity index (χ0) is 14.4. The Labute approximate surface area is 118 Å². The minimum absolute atomic E-state index is 0.218. The number of aromatic nitrogens is 1. The van der Waals surface area contributed by atoms with Gasteiger partial charge in [0.2, 0.25) is 5.91 Å². The van der Waals surface area contributed by atoms with E-state index in [1.807, 2.05) is 30.3 Å². The lowest BCUT2D eigenvalue weighted by molar-refractivity contribution is -0.111. The van der Waals surface area contributed by atoms with Crippen LogP contribution in [0.2, 0.25) is 0 Å². The van der Waals surface area contributed by atoms with Gasteiger partial charge in [-0.25, -0.2) is 0 Å². The maximum atomic E-state index is 11.8. The molecule has 0 bridgehead atoms. The topological polar surface area (TPSA) is 68.0 Å². The molecule has 0 spiro atoms. The number of benzene rings is 1. The van der Waals surface area contributed by atoms with Gasteiger partial charge in [0.1, 0.15) is 0 Å². The van der Waals surface area contributed by atoms with Crippen LogP contribution in [0.15, 0.2) is 48.8 Å². The Bertz CT molecular complexity index is 621. The molecule has 0 fully saturated rings. The van der Waals surface area contributed by atoms with E-state index in [1.165, 1.54) is 6.08 Å². The highest BCUT2D eigenvalue weighted by molar-refractivity contribution is 6.03. The first-order chi connectivity index (χ1) is 9.69. The van der Waals surface area contributed by atoms with Crippen LogP contribution in [0.3, 0.4) is 0 Å². The molecule has 4 nitrogen and oxygen atoms in total. The number of carbonyl (C=O) groups is 1. The van der Waals surface area contributed by atoms with Crippen LogP contribution < -0.4 is 11.1 Å². The normalized spacial score (nSPS) is 10.7. The highest BCUT2D eigenvalue weighted by Gasteiger charge is 2.03. The standard InChI is InChI=1S/C16H17N3O/c1-2-12-5-7-15(14(17)10-12)19-16(20)8-6-13-4-3-9-18-11-13/h3-11H,2,17H2,1H3,(H,19,20)/b8-6+. The minimum Gasteiger partial charge on any atom is -0.397 e. The van der Waals surface area contributed by atoms with Crippen LogP contribution in [-0.2, 0) is 11.2 Å². The van der Waals surface area contributed by atoms with E-state index in [0.29, 0.717) is 11.4 Å². The molecule has 20 heavy (non-hydrogen) atoms. The van der Waals surface area contributed by atoms with E-state index >= 15 is 0 Å². The van der Waals surface area contributed by atoms with Crippen LogP contribution >= 0.6 is 0 Å². The predicted octanol–water partition coefficient (Wildman–Crippen LogP) is 2.88. The van der Waals surface area contributed by atoms with Gasteiger partial charge in [-0.2, -0.15) is 0 Å². The lowest BCUT2D eigenvalue weighted by Gasteiger charge is -2.07. The van der Waals surface area contributed by atoms with Crippen LogP contribution in [0.1, 0.15) is 18.1 Å². The van der Waals surface area contributed by atoms with Crippen LogP contribution in [0, 0.1) is 0 Å². The van der Waals surface area contributed by atoms with Gasteiger partial charge in [0, 0.05) is 18.5 Å². The number of anilines is 2. The van der Waals surface area contributed by atoms with E-state index in [1.54, 1.807) is 18.5 Å². The van der Waals surface area contributed by atoms with Crippen molar-refractivity contribution in [1.82, 2.24) is 4.98 Å². The predicted molar refractivity (Wildman–Crippen MR) is 82.1 cm³/mol. The van der Waals surface area contributed by atoms with Gasteiger partial charge in [0.25, 0.3) is 0 Å². The number of nitrogens with two attached hydrogens (primary N) is 1. The number of carbonyl (C=O) groups excluding carboxylic acids is 1. The Morgan fingerprint density at radius 1 is 1.40 bits per heavy atom. The van der Waals surface area contributed by atoms with Crippen molar-refractivity contribution in [2.75, 3.05) is 11.1 Å². The molecule has 0 saturated heterocycles. The van der Waals surface area contributed by atoms with E-state index < -0.39 is 0 Å². The average molecular weight is 267 g/mol. The Morgan fingerprint density at radius 3 is 2.90 bits per heavy atom. The third-order valence-electron chi connectivity index (χ3n) is 2.89. The number of nitrogen functional groups attached to an aromatic ring is 1. The van der Waals surface area contributed by atoms with E-state index in [-0.39, 0.29) is 5.91 Å². The summed E-state index contributed by atoms with van der Waals surface area (Å²) in [6, 6.07) is 9.35. The van der Waals surface area contributed by atoms with Gasteiger partial charge >= 0.3 is 0 Å². The molecule has 1 aromatic carbocycles. The lowest BCUT2D eigenvalue weighted by atomic mass is 10.1. The van der Waals surface area contributed by atoms with E-state index in [2.05, 4.69) is 17.2 Å². The third kappa shape index (κ3) is 3.68. The smallest absolute Gasteiger partial charge is 0.248 e. The van der Waals surface area contributed by atoms with Gasteiger partial charge in [-0.1, -0.05) is 19.1 Å². The number of hydrogen-bond acceptors (Lipinski definition) is 3. The summed E-state index contributed by atoms with van der Waals surface area (Å²) in [5.41, 5.74) is 9.12. The maximum absolute atomic E-state index is 11.8. The summed E-state index contributed by atoms with van der Waals surface area (Å²) in [4.78, 5) is 15.8. The van der Waals surface area contributed by atoms with Gasteiger partial charge in [-0.05, 0) is 41.8 Å². The maximum Gasteiger partial charge on any atom is 0.248 e. The van der Waals surface area contributed by atoms with Gasteiger partial charge in [0.15, 0.2) is 0 Å². The molecule has 1 amide bonds. The molecular weight excluding hydrogens is 250 g/mol. The summed E-state index contributed by atoms with van der Waals surface area (Å²) in [5.74, 6) is -0.218. The molecule has 0 aliphatic heterocycles. The second kappa shape index (κ2) is 6.52.